The van der Waals surface area contributed by atoms with E-state index in [0.29, 0.717) is 39.5 Å². The van der Waals surface area contributed by atoms with Crippen LogP contribution in [0.25, 0.3) is 11.3 Å². The van der Waals surface area contributed by atoms with Gasteiger partial charge in [0.25, 0.3) is 5.91 Å². The number of carbonyl (C=O) groups excluding carboxylic acids is 2. The predicted molar refractivity (Wildman–Crippen MR) is 135 cm³/mol. The van der Waals surface area contributed by atoms with E-state index in [4.69, 9.17) is 0 Å². The van der Waals surface area contributed by atoms with E-state index in [1.807, 2.05) is 30.3 Å². The van der Waals surface area contributed by atoms with Crippen LogP contribution in [0.4, 0.5) is 21.5 Å². The average molecular weight is 470 g/mol. The van der Waals surface area contributed by atoms with Crippen LogP contribution in [0.3, 0.4) is 0 Å². The van der Waals surface area contributed by atoms with Crippen molar-refractivity contribution in [1.82, 2.24) is 4.90 Å². The standard InChI is InChI=1S/C27H24FN5O2/c1-32(2)16-24(34)33(3)23-12-10-20(13-18(23)15-29)30-26(17-7-5-4-6-8-17)25-21-11-9-19(28)14-22(21)31-27(25)35/h4-14,30H,16H2,1-3H3,(H,31,35)/b26-25-. The van der Waals surface area contributed by atoms with E-state index >= 15 is 0 Å². The third-order valence-corrected chi connectivity index (χ3v) is 5.61. The zero-order chi connectivity index (χ0) is 25.1. The van der Waals surface area contributed by atoms with Crippen molar-refractivity contribution in [2.45, 2.75) is 0 Å². The van der Waals surface area contributed by atoms with Crippen molar-refractivity contribution in [2.24, 2.45) is 0 Å². The summed E-state index contributed by atoms with van der Waals surface area (Å²) in [5.41, 5.74) is 3.96. The molecule has 0 saturated heterocycles. The summed E-state index contributed by atoms with van der Waals surface area (Å²) in [7, 11) is 5.23. The number of hydrogen-bond acceptors (Lipinski definition) is 5. The molecule has 0 aliphatic carbocycles. The molecule has 2 N–H and O–H groups in total. The summed E-state index contributed by atoms with van der Waals surface area (Å²) >= 11 is 0. The molecule has 35 heavy (non-hydrogen) atoms. The Morgan fingerprint density at radius 3 is 2.49 bits per heavy atom. The van der Waals surface area contributed by atoms with Crippen molar-refractivity contribution in [3.05, 3.63) is 89.2 Å². The number of carbonyl (C=O) groups is 2. The zero-order valence-electron chi connectivity index (χ0n) is 19.6. The summed E-state index contributed by atoms with van der Waals surface area (Å²) in [5.74, 6) is -0.949. The summed E-state index contributed by atoms with van der Waals surface area (Å²) in [4.78, 5) is 28.7. The first kappa shape index (κ1) is 23.7. The van der Waals surface area contributed by atoms with Gasteiger partial charge in [-0.15, -0.1) is 0 Å². The van der Waals surface area contributed by atoms with Crippen LogP contribution in [0, 0.1) is 17.1 Å². The van der Waals surface area contributed by atoms with E-state index in [1.54, 1.807) is 50.3 Å². The second-order valence-electron chi connectivity index (χ2n) is 8.42. The molecule has 0 unspecified atom stereocenters. The Hall–Kier alpha value is -4.48. The molecule has 0 saturated carbocycles. The highest BCUT2D eigenvalue weighted by Crippen LogP contribution is 2.38. The lowest BCUT2D eigenvalue weighted by Crippen LogP contribution is -2.35. The van der Waals surface area contributed by atoms with Crippen LogP contribution in [-0.2, 0) is 9.59 Å². The first-order chi connectivity index (χ1) is 16.8. The van der Waals surface area contributed by atoms with E-state index in [9.17, 15) is 19.2 Å². The fourth-order valence-electron chi connectivity index (χ4n) is 3.93. The van der Waals surface area contributed by atoms with Gasteiger partial charge < -0.3 is 20.4 Å². The Labute approximate surface area is 203 Å². The van der Waals surface area contributed by atoms with Gasteiger partial charge in [0, 0.05) is 18.3 Å². The van der Waals surface area contributed by atoms with Crippen molar-refractivity contribution < 1.29 is 14.0 Å². The van der Waals surface area contributed by atoms with Gasteiger partial charge in [0.15, 0.2) is 0 Å². The lowest BCUT2D eigenvalue weighted by Gasteiger charge is -2.22. The normalized spacial score (nSPS) is 13.7. The smallest absolute Gasteiger partial charge is 0.258 e. The lowest BCUT2D eigenvalue weighted by molar-refractivity contribution is -0.119. The van der Waals surface area contributed by atoms with Crippen LogP contribution < -0.4 is 15.5 Å². The SMILES string of the molecule is CN(C)CC(=O)N(C)c1ccc(N/C(=C2\C(=O)Nc3cc(F)ccc32)c2ccccc2)cc1C#N. The summed E-state index contributed by atoms with van der Waals surface area (Å²) < 4.78 is 13.8. The molecule has 7 nitrogen and oxygen atoms in total. The maximum atomic E-state index is 13.8. The van der Waals surface area contributed by atoms with Crippen LogP contribution in [0.2, 0.25) is 0 Å². The number of fused-ring (bicyclic) bond motifs is 1. The molecule has 3 aromatic carbocycles. The van der Waals surface area contributed by atoms with Gasteiger partial charge in [-0.25, -0.2) is 4.39 Å². The van der Waals surface area contributed by atoms with Gasteiger partial charge in [-0.3, -0.25) is 9.59 Å². The van der Waals surface area contributed by atoms with Crippen molar-refractivity contribution in [3.8, 4) is 6.07 Å². The maximum absolute atomic E-state index is 13.8. The molecular weight excluding hydrogens is 445 g/mol. The van der Waals surface area contributed by atoms with Crippen molar-refractivity contribution in [1.29, 1.82) is 5.26 Å². The second-order valence-corrected chi connectivity index (χ2v) is 8.42. The second kappa shape index (κ2) is 9.79. The Bertz CT molecular complexity index is 1380. The number of benzene rings is 3. The van der Waals surface area contributed by atoms with Crippen molar-refractivity contribution in [2.75, 3.05) is 43.2 Å². The summed E-state index contributed by atoms with van der Waals surface area (Å²) in [6.45, 7) is 0.209. The molecule has 8 heteroatoms. The fourth-order valence-corrected chi connectivity index (χ4v) is 3.93. The minimum atomic E-state index is -0.443. The van der Waals surface area contributed by atoms with Crippen LogP contribution in [0.1, 0.15) is 16.7 Å². The molecule has 0 radical (unpaired) electrons. The molecule has 1 aliphatic heterocycles. The number of halogens is 1. The number of anilines is 3. The molecule has 0 spiro atoms. The summed E-state index contributed by atoms with van der Waals surface area (Å²) in [6.07, 6.45) is 0. The highest BCUT2D eigenvalue weighted by Gasteiger charge is 2.29. The number of rotatable bonds is 6. The van der Waals surface area contributed by atoms with Gasteiger partial charge in [0.05, 0.1) is 34.8 Å². The van der Waals surface area contributed by atoms with Gasteiger partial charge in [0.2, 0.25) is 5.91 Å². The van der Waals surface area contributed by atoms with E-state index in [2.05, 4.69) is 16.7 Å². The number of amides is 2. The molecule has 176 valence electrons. The van der Waals surface area contributed by atoms with Crippen LogP contribution in [-0.4, -0.2) is 44.4 Å². The molecule has 0 fully saturated rings. The molecule has 0 atom stereocenters. The van der Waals surface area contributed by atoms with Crippen LogP contribution >= 0.6 is 0 Å². The minimum Gasteiger partial charge on any atom is -0.354 e. The third-order valence-electron chi connectivity index (χ3n) is 5.61. The van der Waals surface area contributed by atoms with E-state index in [1.165, 1.54) is 17.0 Å². The fraction of sp³-hybridized carbons (Fsp3) is 0.148. The van der Waals surface area contributed by atoms with Gasteiger partial charge in [0.1, 0.15) is 11.9 Å². The minimum absolute atomic E-state index is 0.147. The number of likely N-dealkylation sites (N-methyl/N-ethyl adjacent to an activating group) is 2. The predicted octanol–water partition coefficient (Wildman–Crippen LogP) is 4.15. The van der Waals surface area contributed by atoms with E-state index in [0.717, 1.165) is 5.56 Å². The molecule has 1 aliphatic rings. The quantitative estimate of drug-likeness (QED) is 0.530. The number of nitriles is 1. The third kappa shape index (κ3) is 4.90. The highest BCUT2D eigenvalue weighted by atomic mass is 19.1. The zero-order valence-corrected chi connectivity index (χ0v) is 19.6. The van der Waals surface area contributed by atoms with Gasteiger partial charge in [-0.1, -0.05) is 30.3 Å². The highest BCUT2D eigenvalue weighted by molar-refractivity contribution is 6.37. The number of nitrogens with zero attached hydrogens (tertiary/aromatic N) is 3. The van der Waals surface area contributed by atoms with Crippen molar-refractivity contribution >= 4 is 40.1 Å². The molecule has 1 heterocycles. The summed E-state index contributed by atoms with van der Waals surface area (Å²) in [5, 5.41) is 15.8. The lowest BCUT2D eigenvalue weighted by atomic mass is 10.00. The monoisotopic (exact) mass is 469 g/mol. The molecule has 0 bridgehead atoms. The maximum Gasteiger partial charge on any atom is 0.258 e. The molecule has 2 amide bonds. The molecule has 4 rings (SSSR count). The van der Waals surface area contributed by atoms with Gasteiger partial charge in [-0.05, 0) is 56.1 Å². The molecular formula is C27H24FN5O2. The topological polar surface area (TPSA) is 88.5 Å². The Morgan fingerprint density at radius 1 is 1.06 bits per heavy atom. The number of nitrogens with one attached hydrogen (secondary N) is 2. The van der Waals surface area contributed by atoms with E-state index < -0.39 is 5.82 Å². The van der Waals surface area contributed by atoms with Crippen molar-refractivity contribution in [3.63, 3.8) is 0 Å². The molecule has 0 aromatic heterocycles. The van der Waals surface area contributed by atoms with E-state index in [-0.39, 0.29) is 18.4 Å². The van der Waals surface area contributed by atoms with Crippen LogP contribution in [0.5, 0.6) is 0 Å². The Balaban J connectivity index is 1.78. The first-order valence-electron chi connectivity index (χ1n) is 10.9. The molecule has 3 aromatic rings. The Morgan fingerprint density at radius 2 is 1.80 bits per heavy atom. The largest absolute Gasteiger partial charge is 0.354 e. The first-order valence-corrected chi connectivity index (χ1v) is 10.9. The Kier molecular flexibility index (Phi) is 6.62. The number of hydrogen-bond donors (Lipinski definition) is 2. The van der Waals surface area contributed by atoms with Crippen LogP contribution in [0.15, 0.2) is 66.7 Å². The summed E-state index contributed by atoms with van der Waals surface area (Å²) in [6, 6.07) is 20.7. The van der Waals surface area contributed by atoms with Gasteiger partial charge >= 0.3 is 0 Å². The average Bonchev–Trinajstić information content (AvgIpc) is 3.16. The van der Waals surface area contributed by atoms with Gasteiger partial charge in [-0.2, -0.15) is 5.26 Å².